The van der Waals surface area contributed by atoms with Crippen LogP contribution in [0, 0.1) is 12.3 Å². The van der Waals surface area contributed by atoms with E-state index in [0.717, 1.165) is 37.6 Å². The number of rotatable bonds is 6. The van der Waals surface area contributed by atoms with Crippen molar-refractivity contribution >= 4 is 55.8 Å². The second kappa shape index (κ2) is 8.89. The first-order valence-electron chi connectivity index (χ1n) is 10.0. The molecule has 2 aromatic carbocycles. The monoisotopic (exact) mass is 524 g/mol. The fourth-order valence-corrected chi connectivity index (χ4v) is 4.88. The van der Waals surface area contributed by atoms with Crippen LogP contribution in [0.15, 0.2) is 52.0 Å². The molecule has 166 valence electrons. The fourth-order valence-electron chi connectivity index (χ4n) is 3.69. The molecule has 5 rings (SSSR count). The molecule has 2 aliphatic heterocycles. The predicted octanol–water partition coefficient (Wildman–Crippen LogP) is 4.88. The molecule has 0 spiro atoms. The van der Waals surface area contributed by atoms with Gasteiger partial charge < -0.3 is 18.8 Å². The van der Waals surface area contributed by atoms with Gasteiger partial charge in [0.25, 0.3) is 11.1 Å². The Morgan fingerprint density at radius 1 is 1.18 bits per heavy atom. The van der Waals surface area contributed by atoms with Crippen LogP contribution in [0.2, 0.25) is 0 Å². The number of halogens is 1. The summed E-state index contributed by atoms with van der Waals surface area (Å²) in [6.07, 6.45) is 8.98. The second-order valence-corrected chi connectivity index (χ2v) is 9.18. The third kappa shape index (κ3) is 4.19. The third-order valence-electron chi connectivity index (χ3n) is 5.23. The molecule has 7 nitrogen and oxygen atoms in total. The Hall–Kier alpha value is -3.35. The number of amides is 2. The van der Waals surface area contributed by atoms with Gasteiger partial charge in [0.1, 0.15) is 12.4 Å². The molecule has 0 unspecified atom stereocenters. The minimum absolute atomic E-state index is 0.0352. The summed E-state index contributed by atoms with van der Waals surface area (Å²) < 4.78 is 19.6. The maximum Gasteiger partial charge on any atom is 0.294 e. The number of benzene rings is 2. The molecule has 0 bridgehead atoms. The van der Waals surface area contributed by atoms with Crippen LogP contribution < -0.4 is 14.2 Å². The van der Waals surface area contributed by atoms with Crippen molar-refractivity contribution in [3.05, 3.63) is 57.5 Å². The summed E-state index contributed by atoms with van der Waals surface area (Å²) in [7, 11) is 0. The molecular formula is C24H17BrN2O5S. The number of fused-ring (bicyclic) bond motifs is 2. The molecule has 0 radical (unpaired) electrons. The molecule has 33 heavy (non-hydrogen) atoms. The second-order valence-electron chi connectivity index (χ2n) is 7.27. The van der Waals surface area contributed by atoms with E-state index < -0.39 is 0 Å². The van der Waals surface area contributed by atoms with Gasteiger partial charge in [-0.1, -0.05) is 21.9 Å². The zero-order chi connectivity index (χ0) is 22.9. The maximum absolute atomic E-state index is 12.6. The molecule has 1 saturated heterocycles. The minimum atomic E-state index is -0.370. The van der Waals surface area contributed by atoms with E-state index in [1.165, 1.54) is 0 Å². The molecule has 3 aromatic rings. The van der Waals surface area contributed by atoms with Crippen molar-refractivity contribution in [1.82, 2.24) is 9.47 Å². The lowest BCUT2D eigenvalue weighted by molar-refractivity contribution is -0.122. The van der Waals surface area contributed by atoms with Gasteiger partial charge >= 0.3 is 0 Å². The summed E-state index contributed by atoms with van der Waals surface area (Å²) in [4.78, 5) is 26.2. The molecule has 0 atom stereocenters. The van der Waals surface area contributed by atoms with Crippen LogP contribution in [0.25, 0.3) is 17.0 Å². The van der Waals surface area contributed by atoms with Crippen LogP contribution in [0.3, 0.4) is 0 Å². The lowest BCUT2D eigenvalue weighted by Gasteiger charge is -2.09. The number of nitrogens with zero attached hydrogens (tertiary/aromatic N) is 2. The summed E-state index contributed by atoms with van der Waals surface area (Å²) in [6, 6.07) is 11.4. The predicted molar refractivity (Wildman–Crippen MR) is 129 cm³/mol. The van der Waals surface area contributed by atoms with E-state index >= 15 is 0 Å². The van der Waals surface area contributed by atoms with Gasteiger partial charge in [0, 0.05) is 33.2 Å². The average molecular weight is 525 g/mol. The van der Waals surface area contributed by atoms with E-state index in [4.69, 9.17) is 20.6 Å². The van der Waals surface area contributed by atoms with E-state index in [9.17, 15) is 9.59 Å². The van der Waals surface area contributed by atoms with Crippen molar-refractivity contribution in [2.75, 3.05) is 19.9 Å². The highest BCUT2D eigenvalue weighted by atomic mass is 79.9. The fraction of sp³-hybridized carbons (Fsp3) is 0.167. The number of thioether (sulfide) groups is 1. The molecule has 0 N–H and O–H groups in total. The summed E-state index contributed by atoms with van der Waals surface area (Å²) >= 11 is 4.41. The van der Waals surface area contributed by atoms with Crippen molar-refractivity contribution in [1.29, 1.82) is 0 Å². The summed E-state index contributed by atoms with van der Waals surface area (Å²) in [5.41, 5.74) is 1.82. The van der Waals surface area contributed by atoms with E-state index in [1.54, 1.807) is 6.08 Å². The molecule has 2 aliphatic rings. The van der Waals surface area contributed by atoms with Gasteiger partial charge in [0.05, 0.1) is 18.0 Å². The van der Waals surface area contributed by atoms with Crippen molar-refractivity contribution in [3.8, 4) is 29.6 Å². The van der Waals surface area contributed by atoms with E-state index in [1.807, 2.05) is 42.6 Å². The Bertz CT molecular complexity index is 1360. The summed E-state index contributed by atoms with van der Waals surface area (Å²) in [6.45, 7) is 1.19. The van der Waals surface area contributed by atoms with E-state index in [2.05, 4.69) is 26.4 Å². The van der Waals surface area contributed by atoms with Crippen molar-refractivity contribution in [2.24, 2.45) is 0 Å². The highest BCUT2D eigenvalue weighted by molar-refractivity contribution is 9.10. The number of aromatic nitrogens is 1. The van der Waals surface area contributed by atoms with Gasteiger partial charge in [-0.3, -0.25) is 14.5 Å². The number of hydrogen-bond donors (Lipinski definition) is 0. The topological polar surface area (TPSA) is 70.0 Å². The first kappa shape index (κ1) is 21.5. The zero-order valence-electron chi connectivity index (χ0n) is 17.2. The van der Waals surface area contributed by atoms with Crippen LogP contribution in [0.1, 0.15) is 5.56 Å². The van der Waals surface area contributed by atoms with Gasteiger partial charge in [-0.05, 0) is 48.2 Å². The molecule has 0 aliphatic carbocycles. The molecule has 1 aromatic heterocycles. The highest BCUT2D eigenvalue weighted by Crippen LogP contribution is 2.36. The van der Waals surface area contributed by atoms with Gasteiger partial charge in [0.2, 0.25) is 6.79 Å². The molecule has 1 fully saturated rings. The first-order valence-corrected chi connectivity index (χ1v) is 11.6. The smallest absolute Gasteiger partial charge is 0.294 e. The average Bonchev–Trinajstić information content (AvgIpc) is 3.47. The Labute approximate surface area is 202 Å². The van der Waals surface area contributed by atoms with Crippen LogP contribution in [0.5, 0.6) is 17.2 Å². The van der Waals surface area contributed by atoms with Crippen LogP contribution >= 0.6 is 27.7 Å². The lowest BCUT2D eigenvalue weighted by atomic mass is 10.1. The molecular weight excluding hydrogens is 508 g/mol. The van der Waals surface area contributed by atoms with Gasteiger partial charge in [0.15, 0.2) is 11.5 Å². The number of terminal acetylenes is 1. The van der Waals surface area contributed by atoms with Crippen molar-refractivity contribution < 1.29 is 23.8 Å². The van der Waals surface area contributed by atoms with Crippen LogP contribution in [-0.4, -0.2) is 40.6 Å². The zero-order valence-corrected chi connectivity index (χ0v) is 19.6. The molecule has 9 heteroatoms. The third-order valence-corrected chi connectivity index (χ3v) is 6.63. The SMILES string of the molecule is C#CCN1C(=O)S/C(=C\c2cn(CCOc3ccc4c(c3)OCO4)c3ccc(Br)cc23)C1=O. The Balaban J connectivity index is 1.38. The lowest BCUT2D eigenvalue weighted by Crippen LogP contribution is -2.28. The quantitative estimate of drug-likeness (QED) is 0.338. The molecule has 0 saturated carbocycles. The number of ether oxygens (including phenoxy) is 3. The number of hydrogen-bond acceptors (Lipinski definition) is 6. The largest absolute Gasteiger partial charge is 0.492 e. The van der Waals surface area contributed by atoms with Gasteiger partial charge in [-0.15, -0.1) is 6.42 Å². The molecule has 3 heterocycles. The number of carbonyl (C=O) groups is 2. The van der Waals surface area contributed by atoms with Crippen LogP contribution in [0.4, 0.5) is 4.79 Å². The minimum Gasteiger partial charge on any atom is -0.492 e. The van der Waals surface area contributed by atoms with E-state index in [0.29, 0.717) is 35.3 Å². The summed E-state index contributed by atoms with van der Waals surface area (Å²) in [5, 5.41) is 0.599. The highest BCUT2D eigenvalue weighted by Gasteiger charge is 2.34. The molecule has 2 amide bonds. The normalized spacial score (nSPS) is 16.1. The number of carbonyl (C=O) groups excluding carboxylic acids is 2. The Morgan fingerprint density at radius 2 is 2.03 bits per heavy atom. The first-order chi connectivity index (χ1) is 16.0. The number of imide groups is 1. The summed E-state index contributed by atoms with van der Waals surface area (Å²) in [5.74, 6) is 4.06. The Morgan fingerprint density at radius 3 is 2.88 bits per heavy atom. The van der Waals surface area contributed by atoms with Crippen molar-refractivity contribution in [3.63, 3.8) is 0 Å². The van der Waals surface area contributed by atoms with Crippen molar-refractivity contribution in [2.45, 2.75) is 6.54 Å². The van der Waals surface area contributed by atoms with Gasteiger partial charge in [-0.2, -0.15) is 0 Å². The van der Waals surface area contributed by atoms with Crippen LogP contribution in [-0.2, 0) is 11.3 Å². The van der Waals surface area contributed by atoms with Gasteiger partial charge in [-0.25, -0.2) is 0 Å². The Kier molecular flexibility index (Phi) is 5.79. The van der Waals surface area contributed by atoms with E-state index in [-0.39, 0.29) is 24.5 Å². The maximum atomic E-state index is 12.6. The standard InChI is InChI=1S/C24H17BrN2O5S/c1-2-7-27-23(28)22(33-24(27)29)10-15-13-26(19-5-3-16(25)11-18(15)19)8-9-30-17-4-6-20-21(12-17)32-14-31-20/h1,3-6,10-13H,7-9,14H2/b22-10-.